The van der Waals surface area contributed by atoms with Gasteiger partial charge in [0, 0.05) is 22.6 Å². The molecule has 2 N–H and O–H groups in total. The molecule has 0 radical (unpaired) electrons. The van der Waals surface area contributed by atoms with Crippen LogP contribution in [0.4, 0.5) is 5.69 Å². The van der Waals surface area contributed by atoms with E-state index in [1.165, 1.54) is 29.0 Å². The van der Waals surface area contributed by atoms with Crippen molar-refractivity contribution in [1.82, 2.24) is 0 Å². The zero-order valence-corrected chi connectivity index (χ0v) is 12.1. The smallest absolute Gasteiger partial charge is 0.0526 e. The summed E-state index contributed by atoms with van der Waals surface area (Å²) in [4.78, 5) is 3.95. The summed E-state index contributed by atoms with van der Waals surface area (Å²) in [5.41, 5.74) is 8.69. The number of nitrogens with two attached hydrogens (primary N) is 1. The Bertz CT molecular complexity index is 529. The van der Waals surface area contributed by atoms with Gasteiger partial charge >= 0.3 is 0 Å². The van der Waals surface area contributed by atoms with Crippen LogP contribution in [0.25, 0.3) is 0 Å². The van der Waals surface area contributed by atoms with Gasteiger partial charge in [0.1, 0.15) is 0 Å². The number of hydrogen-bond donors (Lipinski definition) is 1. The van der Waals surface area contributed by atoms with Crippen LogP contribution in [-0.4, -0.2) is 6.04 Å². The number of benzene rings is 1. The first-order valence-corrected chi connectivity index (χ1v) is 7.77. The normalized spacial score (nSPS) is 16.3. The van der Waals surface area contributed by atoms with Gasteiger partial charge in [-0.3, -0.25) is 0 Å². The zero-order valence-electron chi connectivity index (χ0n) is 11.3. The van der Waals surface area contributed by atoms with E-state index in [2.05, 4.69) is 53.6 Å². The van der Waals surface area contributed by atoms with Crippen LogP contribution in [0.3, 0.4) is 0 Å². The molecule has 0 spiro atoms. The van der Waals surface area contributed by atoms with Crippen molar-refractivity contribution < 1.29 is 0 Å². The van der Waals surface area contributed by atoms with Crippen molar-refractivity contribution in [3.63, 3.8) is 0 Å². The SMILES string of the molecule is CC(N)c1ccccc1N(Cc1cccs1)C1CC1. The first kappa shape index (κ1) is 12.7. The molecule has 1 fully saturated rings. The molecule has 100 valence electrons. The van der Waals surface area contributed by atoms with Gasteiger partial charge in [0.05, 0.1) is 6.54 Å². The Kier molecular flexibility index (Phi) is 3.58. The van der Waals surface area contributed by atoms with Crippen LogP contribution in [0.1, 0.15) is 36.2 Å². The summed E-state index contributed by atoms with van der Waals surface area (Å²) in [6.45, 7) is 3.07. The average Bonchev–Trinajstić information content (AvgIpc) is 3.13. The lowest BCUT2D eigenvalue weighted by molar-refractivity contribution is 0.763. The van der Waals surface area contributed by atoms with E-state index in [1.54, 1.807) is 0 Å². The second kappa shape index (κ2) is 5.35. The fraction of sp³-hybridized carbons (Fsp3) is 0.375. The number of hydrogen-bond acceptors (Lipinski definition) is 3. The quantitative estimate of drug-likeness (QED) is 0.893. The van der Waals surface area contributed by atoms with E-state index in [4.69, 9.17) is 5.73 Å². The molecule has 1 aliphatic carbocycles. The van der Waals surface area contributed by atoms with E-state index >= 15 is 0 Å². The number of anilines is 1. The van der Waals surface area contributed by atoms with E-state index in [0.717, 1.165) is 6.54 Å². The molecule has 0 amide bonds. The fourth-order valence-corrected chi connectivity index (χ4v) is 3.20. The van der Waals surface area contributed by atoms with E-state index in [-0.39, 0.29) is 6.04 Å². The molecular formula is C16H20N2S. The van der Waals surface area contributed by atoms with Gasteiger partial charge in [-0.25, -0.2) is 0 Å². The second-order valence-corrected chi connectivity index (χ2v) is 6.32. The third kappa shape index (κ3) is 2.82. The Morgan fingerprint density at radius 1 is 1.26 bits per heavy atom. The highest BCUT2D eigenvalue weighted by atomic mass is 32.1. The third-order valence-electron chi connectivity index (χ3n) is 3.63. The molecule has 1 aromatic heterocycles. The van der Waals surface area contributed by atoms with E-state index in [1.807, 2.05) is 11.3 Å². The molecule has 1 aliphatic rings. The van der Waals surface area contributed by atoms with Crippen LogP contribution in [0.15, 0.2) is 41.8 Å². The van der Waals surface area contributed by atoms with Gasteiger partial charge in [0.25, 0.3) is 0 Å². The van der Waals surface area contributed by atoms with Crippen molar-refractivity contribution in [1.29, 1.82) is 0 Å². The van der Waals surface area contributed by atoms with Crippen molar-refractivity contribution >= 4 is 17.0 Å². The van der Waals surface area contributed by atoms with Crippen LogP contribution in [-0.2, 0) is 6.54 Å². The molecule has 2 aromatic rings. The largest absolute Gasteiger partial charge is 0.363 e. The topological polar surface area (TPSA) is 29.3 Å². The minimum absolute atomic E-state index is 0.0841. The highest BCUT2D eigenvalue weighted by Gasteiger charge is 2.30. The molecule has 1 atom stereocenters. The molecular weight excluding hydrogens is 252 g/mol. The third-order valence-corrected chi connectivity index (χ3v) is 4.49. The lowest BCUT2D eigenvalue weighted by Crippen LogP contribution is -2.26. The highest BCUT2D eigenvalue weighted by molar-refractivity contribution is 7.09. The maximum atomic E-state index is 6.12. The Labute approximate surface area is 118 Å². The Hall–Kier alpha value is -1.32. The second-order valence-electron chi connectivity index (χ2n) is 5.29. The monoisotopic (exact) mass is 272 g/mol. The van der Waals surface area contributed by atoms with Gasteiger partial charge in [-0.05, 0) is 42.8 Å². The number of rotatable bonds is 5. The minimum Gasteiger partial charge on any atom is -0.363 e. The summed E-state index contributed by atoms with van der Waals surface area (Å²) in [6, 6.07) is 13.7. The molecule has 1 saturated carbocycles. The van der Waals surface area contributed by atoms with Crippen molar-refractivity contribution in [2.45, 2.75) is 38.4 Å². The average molecular weight is 272 g/mol. The van der Waals surface area contributed by atoms with Gasteiger partial charge in [-0.1, -0.05) is 24.3 Å². The van der Waals surface area contributed by atoms with Crippen LogP contribution in [0.2, 0.25) is 0 Å². The van der Waals surface area contributed by atoms with E-state index < -0.39 is 0 Å². The van der Waals surface area contributed by atoms with Crippen molar-refractivity contribution in [2.75, 3.05) is 4.90 Å². The number of nitrogens with zero attached hydrogens (tertiary/aromatic N) is 1. The first-order valence-electron chi connectivity index (χ1n) is 6.89. The lowest BCUT2D eigenvalue weighted by atomic mass is 10.1. The molecule has 1 heterocycles. The summed E-state index contributed by atoms with van der Waals surface area (Å²) >= 11 is 1.83. The Balaban J connectivity index is 1.92. The van der Waals surface area contributed by atoms with Crippen LogP contribution in [0.5, 0.6) is 0 Å². The van der Waals surface area contributed by atoms with E-state index in [9.17, 15) is 0 Å². The molecule has 0 saturated heterocycles. The maximum absolute atomic E-state index is 6.12. The van der Waals surface area contributed by atoms with Crippen molar-refractivity contribution in [3.05, 3.63) is 52.2 Å². The highest BCUT2D eigenvalue weighted by Crippen LogP contribution is 2.36. The van der Waals surface area contributed by atoms with Crippen LogP contribution >= 0.6 is 11.3 Å². The first-order chi connectivity index (χ1) is 9.25. The summed E-state index contributed by atoms with van der Waals surface area (Å²) in [7, 11) is 0. The van der Waals surface area contributed by atoms with Gasteiger partial charge in [0.15, 0.2) is 0 Å². The predicted molar refractivity (Wildman–Crippen MR) is 82.6 cm³/mol. The van der Waals surface area contributed by atoms with Crippen LogP contribution in [0, 0.1) is 0 Å². The Morgan fingerprint density at radius 3 is 2.68 bits per heavy atom. The molecule has 3 rings (SSSR count). The Morgan fingerprint density at radius 2 is 2.05 bits per heavy atom. The fourth-order valence-electron chi connectivity index (χ4n) is 2.50. The maximum Gasteiger partial charge on any atom is 0.0526 e. The predicted octanol–water partition coefficient (Wildman–Crippen LogP) is 3.94. The van der Waals surface area contributed by atoms with Crippen molar-refractivity contribution in [2.24, 2.45) is 5.73 Å². The van der Waals surface area contributed by atoms with Gasteiger partial charge in [-0.2, -0.15) is 0 Å². The molecule has 0 bridgehead atoms. The summed E-state index contributed by atoms with van der Waals surface area (Å²) in [5.74, 6) is 0. The molecule has 0 aliphatic heterocycles. The summed E-state index contributed by atoms with van der Waals surface area (Å²) < 4.78 is 0. The zero-order chi connectivity index (χ0) is 13.2. The standard InChI is InChI=1S/C16H20N2S/c1-12(17)15-6-2-3-7-16(15)18(13-8-9-13)11-14-5-4-10-19-14/h2-7,10,12-13H,8-9,11,17H2,1H3. The molecule has 1 aromatic carbocycles. The van der Waals surface area contributed by atoms with Gasteiger partial charge < -0.3 is 10.6 Å². The lowest BCUT2D eigenvalue weighted by Gasteiger charge is -2.27. The van der Waals surface area contributed by atoms with Gasteiger partial charge in [-0.15, -0.1) is 11.3 Å². The molecule has 19 heavy (non-hydrogen) atoms. The summed E-state index contributed by atoms with van der Waals surface area (Å²) in [5, 5.41) is 2.15. The molecule has 2 nitrogen and oxygen atoms in total. The van der Waals surface area contributed by atoms with E-state index in [0.29, 0.717) is 6.04 Å². The van der Waals surface area contributed by atoms with Crippen molar-refractivity contribution in [3.8, 4) is 0 Å². The number of para-hydroxylation sites is 1. The molecule has 1 unspecified atom stereocenters. The van der Waals surface area contributed by atoms with Gasteiger partial charge in [0.2, 0.25) is 0 Å². The summed E-state index contributed by atoms with van der Waals surface area (Å²) in [6.07, 6.45) is 2.61. The minimum atomic E-state index is 0.0841. The number of thiophene rings is 1. The van der Waals surface area contributed by atoms with Crippen LogP contribution < -0.4 is 10.6 Å². The molecule has 3 heteroatoms.